The van der Waals surface area contributed by atoms with E-state index in [1.165, 1.54) is 0 Å². The third-order valence-corrected chi connectivity index (χ3v) is 4.27. The minimum Gasteiger partial charge on any atom is -0.493 e. The number of aromatic nitrogens is 1. The summed E-state index contributed by atoms with van der Waals surface area (Å²) in [5, 5.41) is 12.6. The molecular weight excluding hydrogens is 344 g/mol. The van der Waals surface area contributed by atoms with Gasteiger partial charge in [-0.25, -0.2) is 4.98 Å². The van der Waals surface area contributed by atoms with Gasteiger partial charge in [-0.05, 0) is 38.0 Å². The van der Waals surface area contributed by atoms with Crippen LogP contribution in [0.2, 0.25) is 0 Å². The summed E-state index contributed by atoms with van der Waals surface area (Å²) >= 11 is 0. The van der Waals surface area contributed by atoms with E-state index >= 15 is 0 Å². The second-order valence-electron chi connectivity index (χ2n) is 6.65. The zero-order chi connectivity index (χ0) is 19.6. The number of oxazole rings is 1. The standard InChI is InChI=1S/C20H24N4O3/c1-5-6-16-23-18-17(13(10-21)19(22)24-20(18)27-16)12-7-8-14(26-11(2)3)15(9-12)25-4/h7-9,11,17,24H,5-6,22H2,1-4H3/t17-/m0/s1. The van der Waals surface area contributed by atoms with E-state index < -0.39 is 5.92 Å². The van der Waals surface area contributed by atoms with Crippen molar-refractivity contribution in [3.8, 4) is 17.6 Å². The number of ether oxygens (including phenoxy) is 2. The number of fused-ring (bicyclic) bond motifs is 1. The van der Waals surface area contributed by atoms with Crippen LogP contribution in [0.5, 0.6) is 11.5 Å². The number of anilines is 1. The molecule has 0 spiro atoms. The molecule has 1 atom stereocenters. The Morgan fingerprint density at radius 3 is 2.78 bits per heavy atom. The molecule has 2 heterocycles. The van der Waals surface area contributed by atoms with Gasteiger partial charge in [0.1, 0.15) is 11.5 Å². The summed E-state index contributed by atoms with van der Waals surface area (Å²) in [4.78, 5) is 4.62. The van der Waals surface area contributed by atoms with Crippen LogP contribution in [0.25, 0.3) is 0 Å². The Kier molecular flexibility index (Phi) is 5.26. The molecule has 3 rings (SSSR count). The number of benzene rings is 1. The fraction of sp³-hybridized carbons (Fsp3) is 0.400. The molecule has 1 aromatic heterocycles. The quantitative estimate of drug-likeness (QED) is 0.801. The van der Waals surface area contributed by atoms with E-state index in [0.29, 0.717) is 41.0 Å². The van der Waals surface area contributed by atoms with Crippen molar-refractivity contribution in [3.63, 3.8) is 0 Å². The average Bonchev–Trinajstić information content (AvgIpc) is 3.02. The van der Waals surface area contributed by atoms with Crippen LogP contribution < -0.4 is 20.5 Å². The van der Waals surface area contributed by atoms with Crippen LogP contribution in [0.1, 0.15) is 50.3 Å². The van der Waals surface area contributed by atoms with Crippen LogP contribution >= 0.6 is 0 Å². The van der Waals surface area contributed by atoms with Gasteiger partial charge in [0.25, 0.3) is 0 Å². The Bertz CT molecular complexity index is 908. The number of hydrogen-bond donors (Lipinski definition) is 2. The van der Waals surface area contributed by atoms with Gasteiger partial charge in [0.2, 0.25) is 5.88 Å². The first-order chi connectivity index (χ1) is 13.0. The highest BCUT2D eigenvalue weighted by Crippen LogP contribution is 2.43. The fourth-order valence-corrected chi connectivity index (χ4v) is 3.13. The topological polar surface area (TPSA) is 106 Å². The van der Waals surface area contributed by atoms with Gasteiger partial charge in [-0.15, -0.1) is 0 Å². The first kappa shape index (κ1) is 18.6. The van der Waals surface area contributed by atoms with Crippen molar-refractivity contribution in [2.45, 2.75) is 45.6 Å². The van der Waals surface area contributed by atoms with Gasteiger partial charge < -0.3 is 24.9 Å². The number of nitrogens with one attached hydrogen (secondary N) is 1. The molecule has 0 saturated heterocycles. The highest BCUT2D eigenvalue weighted by Gasteiger charge is 2.34. The summed E-state index contributed by atoms with van der Waals surface area (Å²) in [5.74, 6) is 2.19. The summed E-state index contributed by atoms with van der Waals surface area (Å²) in [5.41, 5.74) is 7.98. The van der Waals surface area contributed by atoms with E-state index in [-0.39, 0.29) is 11.9 Å². The molecule has 7 heteroatoms. The molecule has 27 heavy (non-hydrogen) atoms. The Balaban J connectivity index is 2.10. The summed E-state index contributed by atoms with van der Waals surface area (Å²) < 4.78 is 17.1. The maximum Gasteiger partial charge on any atom is 0.223 e. The lowest BCUT2D eigenvalue weighted by Crippen LogP contribution is -2.22. The van der Waals surface area contributed by atoms with Crippen molar-refractivity contribution in [2.75, 3.05) is 12.4 Å². The number of rotatable bonds is 6. The van der Waals surface area contributed by atoms with Crippen LogP contribution in [0.3, 0.4) is 0 Å². The van der Waals surface area contributed by atoms with Crippen LogP contribution in [-0.2, 0) is 6.42 Å². The molecule has 0 saturated carbocycles. The van der Waals surface area contributed by atoms with Crippen molar-refractivity contribution < 1.29 is 13.9 Å². The molecular formula is C20H24N4O3. The van der Waals surface area contributed by atoms with Crippen LogP contribution in [0.15, 0.2) is 34.0 Å². The number of aryl methyl sites for hydroxylation is 1. The second-order valence-corrected chi connectivity index (χ2v) is 6.65. The van der Waals surface area contributed by atoms with E-state index in [1.54, 1.807) is 7.11 Å². The highest BCUT2D eigenvalue weighted by atomic mass is 16.5. The number of nitrogens with two attached hydrogens (primary N) is 1. The number of methoxy groups -OCH3 is 1. The first-order valence-corrected chi connectivity index (χ1v) is 8.99. The SMILES string of the molecule is CCCc1nc2c(o1)NC(N)=C(C#N)[C@@H]2c1ccc(OC(C)C)c(OC)c1. The zero-order valence-corrected chi connectivity index (χ0v) is 16.0. The zero-order valence-electron chi connectivity index (χ0n) is 16.0. The number of nitrogens with zero attached hydrogens (tertiary/aromatic N) is 2. The molecule has 2 aromatic rings. The van der Waals surface area contributed by atoms with Crippen molar-refractivity contribution in [3.05, 3.63) is 46.7 Å². The summed E-state index contributed by atoms with van der Waals surface area (Å²) in [7, 11) is 1.59. The van der Waals surface area contributed by atoms with Gasteiger partial charge in [0.15, 0.2) is 17.4 Å². The normalized spacial score (nSPS) is 15.9. The molecule has 142 valence electrons. The van der Waals surface area contributed by atoms with E-state index in [0.717, 1.165) is 12.0 Å². The molecule has 1 aliphatic rings. The predicted octanol–water partition coefficient (Wildman–Crippen LogP) is 3.67. The minimum atomic E-state index is -0.428. The Hall–Kier alpha value is -3.14. The van der Waals surface area contributed by atoms with Crippen molar-refractivity contribution in [1.82, 2.24) is 4.98 Å². The number of nitriles is 1. The van der Waals surface area contributed by atoms with Gasteiger partial charge in [0, 0.05) is 6.42 Å². The van der Waals surface area contributed by atoms with Gasteiger partial charge >= 0.3 is 0 Å². The van der Waals surface area contributed by atoms with Gasteiger partial charge in [-0.3, -0.25) is 0 Å². The molecule has 1 aromatic carbocycles. The molecule has 3 N–H and O–H groups in total. The fourth-order valence-electron chi connectivity index (χ4n) is 3.13. The summed E-state index contributed by atoms with van der Waals surface area (Å²) in [6, 6.07) is 7.81. The lowest BCUT2D eigenvalue weighted by molar-refractivity contribution is 0.230. The van der Waals surface area contributed by atoms with E-state index in [9.17, 15) is 5.26 Å². The van der Waals surface area contributed by atoms with Gasteiger partial charge in [0.05, 0.1) is 30.8 Å². The first-order valence-electron chi connectivity index (χ1n) is 8.99. The maximum atomic E-state index is 9.69. The maximum absolute atomic E-state index is 9.69. The Morgan fingerprint density at radius 2 is 2.15 bits per heavy atom. The Morgan fingerprint density at radius 1 is 1.37 bits per heavy atom. The van der Waals surface area contributed by atoms with Crippen LogP contribution in [-0.4, -0.2) is 18.2 Å². The summed E-state index contributed by atoms with van der Waals surface area (Å²) in [6.45, 7) is 5.96. The molecule has 0 amide bonds. The smallest absolute Gasteiger partial charge is 0.223 e. The molecule has 0 radical (unpaired) electrons. The van der Waals surface area contributed by atoms with E-state index in [4.69, 9.17) is 19.6 Å². The van der Waals surface area contributed by atoms with Crippen molar-refractivity contribution in [1.29, 1.82) is 5.26 Å². The van der Waals surface area contributed by atoms with Gasteiger partial charge in [-0.2, -0.15) is 5.26 Å². The molecule has 7 nitrogen and oxygen atoms in total. The van der Waals surface area contributed by atoms with Crippen LogP contribution in [0.4, 0.5) is 5.88 Å². The highest BCUT2D eigenvalue weighted by molar-refractivity contribution is 5.62. The minimum absolute atomic E-state index is 0.0209. The average molecular weight is 368 g/mol. The van der Waals surface area contributed by atoms with Gasteiger partial charge in [-0.1, -0.05) is 13.0 Å². The van der Waals surface area contributed by atoms with E-state index in [1.807, 2.05) is 32.0 Å². The molecule has 0 fully saturated rings. The largest absolute Gasteiger partial charge is 0.493 e. The van der Waals surface area contributed by atoms with Crippen LogP contribution in [0, 0.1) is 11.3 Å². The molecule has 1 aliphatic heterocycles. The third-order valence-electron chi connectivity index (χ3n) is 4.27. The molecule has 0 bridgehead atoms. The predicted molar refractivity (Wildman–Crippen MR) is 102 cm³/mol. The number of allylic oxidation sites excluding steroid dienone is 1. The third kappa shape index (κ3) is 3.56. The monoisotopic (exact) mass is 368 g/mol. The molecule has 0 aliphatic carbocycles. The summed E-state index contributed by atoms with van der Waals surface area (Å²) in [6.07, 6.45) is 1.65. The van der Waals surface area contributed by atoms with Crippen molar-refractivity contribution in [2.24, 2.45) is 5.73 Å². The van der Waals surface area contributed by atoms with Crippen molar-refractivity contribution >= 4 is 5.88 Å². The molecule has 0 unspecified atom stereocenters. The Labute approximate surface area is 158 Å². The number of hydrogen-bond acceptors (Lipinski definition) is 7. The second kappa shape index (κ2) is 7.62. The van der Waals surface area contributed by atoms with E-state index in [2.05, 4.69) is 23.3 Å². The lowest BCUT2D eigenvalue weighted by atomic mass is 9.86. The lowest BCUT2D eigenvalue weighted by Gasteiger charge is -2.23.